The number of nitrogens with zero attached hydrogens (tertiary/aromatic N) is 2. The van der Waals surface area contributed by atoms with Crippen LogP contribution in [0.3, 0.4) is 0 Å². The van der Waals surface area contributed by atoms with Crippen LogP contribution in [0, 0.1) is 5.92 Å². The molecular weight excluding hydrogens is 398 g/mol. The summed E-state index contributed by atoms with van der Waals surface area (Å²) in [5.41, 5.74) is 0.847. The minimum absolute atomic E-state index is 0.0629. The van der Waals surface area contributed by atoms with Gasteiger partial charge >= 0.3 is 0 Å². The number of hydrogen-bond acceptors (Lipinski definition) is 8. The van der Waals surface area contributed by atoms with Gasteiger partial charge in [-0.2, -0.15) is 0 Å². The van der Waals surface area contributed by atoms with Crippen molar-refractivity contribution >= 4 is 39.8 Å². The van der Waals surface area contributed by atoms with Gasteiger partial charge in [0.15, 0.2) is 22.4 Å². The van der Waals surface area contributed by atoms with Crippen molar-refractivity contribution in [3.05, 3.63) is 23.2 Å². The van der Waals surface area contributed by atoms with Crippen LogP contribution < -0.4 is 24.4 Å². The number of Topliss-reactive ketones (excluding diaryl/α,β-unsaturated/α-hetero) is 1. The van der Waals surface area contributed by atoms with Gasteiger partial charge in [-0.15, -0.1) is 11.3 Å². The summed E-state index contributed by atoms with van der Waals surface area (Å²) in [5, 5.41) is 4.60. The number of ketones is 1. The van der Waals surface area contributed by atoms with Crippen LogP contribution in [0.5, 0.6) is 17.2 Å². The SMILES string of the molecule is COc1cc(N2CC(C(=O)Nc3nc(C(C)=O)cs3)CC2=O)cc(OC)c1OC. The number of benzene rings is 1. The summed E-state index contributed by atoms with van der Waals surface area (Å²) in [5.74, 6) is 0.0206. The predicted molar refractivity (Wildman–Crippen MR) is 107 cm³/mol. The van der Waals surface area contributed by atoms with Crippen LogP contribution in [0.4, 0.5) is 10.8 Å². The molecule has 0 bridgehead atoms. The van der Waals surface area contributed by atoms with Crippen LogP contribution >= 0.6 is 11.3 Å². The average molecular weight is 419 g/mol. The molecule has 154 valence electrons. The van der Waals surface area contributed by atoms with E-state index in [9.17, 15) is 14.4 Å². The summed E-state index contributed by atoms with van der Waals surface area (Å²) in [6.07, 6.45) is 0.0629. The molecule has 0 spiro atoms. The van der Waals surface area contributed by atoms with E-state index in [1.807, 2.05) is 0 Å². The van der Waals surface area contributed by atoms with E-state index in [1.165, 1.54) is 44.5 Å². The second-order valence-electron chi connectivity index (χ2n) is 6.37. The van der Waals surface area contributed by atoms with Crippen molar-refractivity contribution in [1.29, 1.82) is 0 Å². The highest BCUT2D eigenvalue weighted by atomic mass is 32.1. The molecule has 1 aromatic carbocycles. The van der Waals surface area contributed by atoms with Crippen LogP contribution in [-0.2, 0) is 9.59 Å². The lowest BCUT2D eigenvalue weighted by atomic mass is 10.1. The minimum Gasteiger partial charge on any atom is -0.493 e. The summed E-state index contributed by atoms with van der Waals surface area (Å²) < 4.78 is 16.0. The van der Waals surface area contributed by atoms with Crippen molar-refractivity contribution in [3.8, 4) is 17.2 Å². The summed E-state index contributed by atoms with van der Waals surface area (Å²) in [6, 6.07) is 3.33. The van der Waals surface area contributed by atoms with Crippen LogP contribution in [0.25, 0.3) is 0 Å². The Kier molecular flexibility index (Phi) is 6.02. The molecule has 3 rings (SSSR count). The monoisotopic (exact) mass is 419 g/mol. The molecule has 1 atom stereocenters. The first-order chi connectivity index (χ1) is 13.9. The Morgan fingerprint density at radius 2 is 1.83 bits per heavy atom. The van der Waals surface area contributed by atoms with E-state index in [0.29, 0.717) is 33.8 Å². The molecular formula is C19H21N3O6S. The average Bonchev–Trinajstić information content (AvgIpc) is 3.33. The van der Waals surface area contributed by atoms with Gasteiger partial charge in [0.05, 0.1) is 32.9 Å². The highest BCUT2D eigenvalue weighted by molar-refractivity contribution is 7.14. The van der Waals surface area contributed by atoms with Gasteiger partial charge in [-0.25, -0.2) is 4.98 Å². The van der Waals surface area contributed by atoms with E-state index in [0.717, 1.165) is 0 Å². The van der Waals surface area contributed by atoms with Crippen molar-refractivity contribution in [2.45, 2.75) is 13.3 Å². The molecule has 0 aliphatic carbocycles. The summed E-state index contributed by atoms with van der Waals surface area (Å²) in [7, 11) is 4.48. The van der Waals surface area contributed by atoms with Gasteiger partial charge in [0.25, 0.3) is 0 Å². The fraction of sp³-hybridized carbons (Fsp3) is 0.368. The molecule has 9 nitrogen and oxygen atoms in total. The molecule has 10 heteroatoms. The van der Waals surface area contributed by atoms with Gasteiger partial charge in [-0.1, -0.05) is 0 Å². The number of anilines is 2. The zero-order valence-corrected chi connectivity index (χ0v) is 17.3. The first-order valence-electron chi connectivity index (χ1n) is 8.75. The van der Waals surface area contributed by atoms with Crippen LogP contribution in [0.1, 0.15) is 23.8 Å². The molecule has 2 heterocycles. The van der Waals surface area contributed by atoms with Crippen LogP contribution in [0.15, 0.2) is 17.5 Å². The third kappa shape index (κ3) is 4.16. The summed E-state index contributed by atoms with van der Waals surface area (Å²) in [6.45, 7) is 1.61. The smallest absolute Gasteiger partial charge is 0.231 e. The first kappa shape index (κ1) is 20.6. The van der Waals surface area contributed by atoms with E-state index >= 15 is 0 Å². The highest BCUT2D eigenvalue weighted by Crippen LogP contribution is 2.42. The molecule has 1 aliphatic rings. The van der Waals surface area contributed by atoms with Crippen LogP contribution in [-0.4, -0.2) is 50.5 Å². The maximum atomic E-state index is 12.6. The minimum atomic E-state index is -0.550. The number of carbonyl (C=O) groups excluding carboxylic acids is 3. The largest absolute Gasteiger partial charge is 0.493 e. The molecule has 0 saturated carbocycles. The number of amides is 2. The Hall–Kier alpha value is -3.14. The molecule has 29 heavy (non-hydrogen) atoms. The zero-order chi connectivity index (χ0) is 21.1. The van der Waals surface area contributed by atoms with Crippen molar-refractivity contribution in [1.82, 2.24) is 4.98 Å². The summed E-state index contributed by atoms with van der Waals surface area (Å²) >= 11 is 1.17. The molecule has 2 aromatic rings. The molecule has 2 amide bonds. The van der Waals surface area contributed by atoms with Crippen molar-refractivity contribution in [3.63, 3.8) is 0 Å². The Labute approximate surface area is 171 Å². The fourth-order valence-corrected chi connectivity index (χ4v) is 3.81. The van der Waals surface area contributed by atoms with Crippen molar-refractivity contribution in [2.24, 2.45) is 5.92 Å². The Bertz CT molecular complexity index is 932. The van der Waals surface area contributed by atoms with E-state index in [2.05, 4.69) is 10.3 Å². The molecule has 1 aromatic heterocycles. The lowest BCUT2D eigenvalue weighted by Crippen LogP contribution is -2.28. The van der Waals surface area contributed by atoms with Gasteiger partial charge < -0.3 is 24.4 Å². The lowest BCUT2D eigenvalue weighted by molar-refractivity contribution is -0.122. The fourth-order valence-electron chi connectivity index (χ4n) is 3.06. The molecule has 1 saturated heterocycles. The molecule has 1 unspecified atom stereocenters. The van der Waals surface area contributed by atoms with E-state index in [1.54, 1.807) is 17.5 Å². The predicted octanol–water partition coefficient (Wildman–Crippen LogP) is 2.36. The van der Waals surface area contributed by atoms with Gasteiger partial charge in [0.2, 0.25) is 17.6 Å². The molecule has 1 N–H and O–H groups in total. The number of aromatic nitrogens is 1. The van der Waals surface area contributed by atoms with E-state index in [4.69, 9.17) is 14.2 Å². The van der Waals surface area contributed by atoms with Gasteiger partial charge in [0, 0.05) is 37.4 Å². The number of nitrogens with one attached hydrogen (secondary N) is 1. The first-order valence-corrected chi connectivity index (χ1v) is 9.63. The van der Waals surface area contributed by atoms with Gasteiger partial charge in [0.1, 0.15) is 5.69 Å². The molecule has 1 aliphatic heterocycles. The maximum absolute atomic E-state index is 12.6. The summed E-state index contributed by atoms with van der Waals surface area (Å²) in [4.78, 5) is 42.1. The van der Waals surface area contributed by atoms with Crippen molar-refractivity contribution in [2.75, 3.05) is 38.1 Å². The van der Waals surface area contributed by atoms with Crippen LogP contribution in [0.2, 0.25) is 0 Å². The second-order valence-corrected chi connectivity index (χ2v) is 7.23. The number of rotatable bonds is 7. The number of thiazole rings is 1. The van der Waals surface area contributed by atoms with Gasteiger partial charge in [-0.05, 0) is 0 Å². The molecule has 1 fully saturated rings. The normalized spacial score (nSPS) is 15.9. The lowest BCUT2D eigenvalue weighted by Gasteiger charge is -2.20. The third-order valence-electron chi connectivity index (χ3n) is 4.55. The zero-order valence-electron chi connectivity index (χ0n) is 16.5. The van der Waals surface area contributed by atoms with E-state index in [-0.39, 0.29) is 30.6 Å². The maximum Gasteiger partial charge on any atom is 0.231 e. The highest BCUT2D eigenvalue weighted by Gasteiger charge is 2.36. The number of carbonyl (C=O) groups is 3. The number of methoxy groups -OCH3 is 3. The second kappa shape index (κ2) is 8.48. The Morgan fingerprint density at radius 3 is 2.34 bits per heavy atom. The van der Waals surface area contributed by atoms with Gasteiger partial charge in [-0.3, -0.25) is 14.4 Å². The standard InChI is InChI=1S/C19H21N3O6S/c1-10(23)13-9-29-19(20-13)21-18(25)11-5-16(24)22(8-11)12-6-14(26-2)17(28-4)15(7-12)27-3/h6-7,9,11H,5,8H2,1-4H3,(H,20,21,25). The molecule has 0 radical (unpaired) electrons. The number of ether oxygens (including phenoxy) is 3. The quantitative estimate of drug-likeness (QED) is 0.687. The van der Waals surface area contributed by atoms with E-state index < -0.39 is 5.92 Å². The topological polar surface area (TPSA) is 107 Å². The number of hydrogen-bond donors (Lipinski definition) is 1. The van der Waals surface area contributed by atoms with Crippen molar-refractivity contribution < 1.29 is 28.6 Å². The Balaban J connectivity index is 1.77. The Morgan fingerprint density at radius 1 is 1.17 bits per heavy atom. The third-order valence-corrected chi connectivity index (χ3v) is 5.31.